The van der Waals surface area contributed by atoms with Gasteiger partial charge in [0.1, 0.15) is 5.82 Å². The van der Waals surface area contributed by atoms with Crippen LogP contribution in [0.15, 0.2) is 46.9 Å². The molecule has 0 amide bonds. The number of anilines is 1. The average Bonchev–Trinajstić information content (AvgIpc) is 2.46. The predicted molar refractivity (Wildman–Crippen MR) is 79.2 cm³/mol. The Bertz CT molecular complexity index is 631. The molecule has 3 nitrogen and oxygen atoms in total. The normalized spacial score (nSPS) is 10.2. The fourth-order valence-electron chi connectivity index (χ4n) is 1.75. The van der Waals surface area contributed by atoms with Gasteiger partial charge in [-0.3, -0.25) is 0 Å². The average molecular weight is 338 g/mol. The first-order valence-corrected chi connectivity index (χ1v) is 6.76. The van der Waals surface area contributed by atoms with Gasteiger partial charge in [-0.25, -0.2) is 9.18 Å². The highest BCUT2D eigenvalue weighted by Gasteiger charge is 2.12. The number of nitrogens with one attached hydrogen (secondary N) is 1. The summed E-state index contributed by atoms with van der Waals surface area (Å²) in [5.41, 5.74) is 1.60. The van der Waals surface area contributed by atoms with Gasteiger partial charge in [0.2, 0.25) is 0 Å². The smallest absolute Gasteiger partial charge is 0.340 e. The lowest BCUT2D eigenvalue weighted by Gasteiger charge is -2.09. The highest BCUT2D eigenvalue weighted by Crippen LogP contribution is 2.22. The zero-order valence-electron chi connectivity index (χ0n) is 10.8. The highest BCUT2D eigenvalue weighted by molar-refractivity contribution is 9.10. The van der Waals surface area contributed by atoms with Crippen LogP contribution < -0.4 is 5.32 Å². The number of hydrogen-bond acceptors (Lipinski definition) is 3. The lowest BCUT2D eigenvalue weighted by molar-refractivity contribution is 0.0595. The molecule has 0 fully saturated rings. The zero-order valence-corrected chi connectivity index (χ0v) is 12.4. The van der Waals surface area contributed by atoms with E-state index < -0.39 is 11.8 Å². The maximum Gasteiger partial charge on any atom is 0.340 e. The van der Waals surface area contributed by atoms with Gasteiger partial charge in [-0.05, 0) is 45.8 Å². The Morgan fingerprint density at radius 2 is 2.05 bits per heavy atom. The maximum absolute atomic E-state index is 13.8. The van der Waals surface area contributed by atoms with Crippen molar-refractivity contribution in [3.05, 3.63) is 63.9 Å². The number of ether oxygens (including phenoxy) is 1. The number of esters is 1. The minimum Gasteiger partial charge on any atom is -0.465 e. The van der Waals surface area contributed by atoms with E-state index >= 15 is 0 Å². The van der Waals surface area contributed by atoms with Crippen LogP contribution in [-0.2, 0) is 11.3 Å². The Morgan fingerprint density at radius 1 is 1.30 bits per heavy atom. The molecule has 0 atom stereocenters. The molecule has 0 aliphatic heterocycles. The largest absolute Gasteiger partial charge is 0.465 e. The van der Waals surface area contributed by atoms with Crippen LogP contribution >= 0.6 is 15.9 Å². The molecule has 0 saturated heterocycles. The predicted octanol–water partition coefficient (Wildman–Crippen LogP) is 3.99. The van der Waals surface area contributed by atoms with Crippen molar-refractivity contribution in [3.8, 4) is 0 Å². The maximum atomic E-state index is 13.8. The van der Waals surface area contributed by atoms with Gasteiger partial charge >= 0.3 is 5.97 Å². The monoisotopic (exact) mass is 337 g/mol. The van der Waals surface area contributed by atoms with E-state index in [1.807, 2.05) is 24.3 Å². The van der Waals surface area contributed by atoms with Gasteiger partial charge in [0.15, 0.2) is 0 Å². The molecular formula is C15H13BrFNO2. The summed E-state index contributed by atoms with van der Waals surface area (Å²) in [4.78, 5) is 11.3. The molecule has 0 spiro atoms. The fraction of sp³-hybridized carbons (Fsp3) is 0.133. The van der Waals surface area contributed by atoms with E-state index in [1.54, 1.807) is 6.07 Å². The van der Waals surface area contributed by atoms with E-state index in [0.717, 1.165) is 15.7 Å². The molecule has 0 aliphatic carbocycles. The van der Waals surface area contributed by atoms with Crippen molar-refractivity contribution in [1.29, 1.82) is 0 Å². The summed E-state index contributed by atoms with van der Waals surface area (Å²) in [6.45, 7) is 0.459. The molecule has 1 N–H and O–H groups in total. The topological polar surface area (TPSA) is 38.3 Å². The molecule has 0 bridgehead atoms. The summed E-state index contributed by atoms with van der Waals surface area (Å²) in [5, 5.41) is 3.19. The van der Waals surface area contributed by atoms with Crippen LogP contribution in [0.4, 0.5) is 10.1 Å². The SMILES string of the molecule is COC(=O)c1ccc(CNc2ccccc2Br)cc1F. The summed E-state index contributed by atoms with van der Waals surface area (Å²) in [6, 6.07) is 12.1. The summed E-state index contributed by atoms with van der Waals surface area (Å²) in [6.07, 6.45) is 0. The molecule has 20 heavy (non-hydrogen) atoms. The van der Waals surface area contributed by atoms with E-state index in [2.05, 4.69) is 26.0 Å². The number of carbonyl (C=O) groups is 1. The van der Waals surface area contributed by atoms with E-state index in [9.17, 15) is 9.18 Å². The molecule has 2 aromatic rings. The van der Waals surface area contributed by atoms with E-state index in [0.29, 0.717) is 6.54 Å². The lowest BCUT2D eigenvalue weighted by Crippen LogP contribution is -2.06. The Labute approximate surface area is 124 Å². The van der Waals surface area contributed by atoms with Crippen molar-refractivity contribution in [2.45, 2.75) is 6.54 Å². The molecule has 0 saturated carbocycles. The van der Waals surface area contributed by atoms with Crippen molar-refractivity contribution in [2.24, 2.45) is 0 Å². The number of benzene rings is 2. The Kier molecular flexibility index (Phi) is 4.74. The van der Waals surface area contributed by atoms with Crippen LogP contribution in [0.5, 0.6) is 0 Å². The summed E-state index contributed by atoms with van der Waals surface area (Å²) < 4.78 is 19.2. The Balaban J connectivity index is 2.10. The van der Waals surface area contributed by atoms with Gasteiger partial charge in [-0.15, -0.1) is 0 Å². The molecule has 0 unspecified atom stereocenters. The molecule has 0 aromatic heterocycles. The van der Waals surface area contributed by atoms with Crippen molar-refractivity contribution < 1.29 is 13.9 Å². The summed E-state index contributed by atoms with van der Waals surface area (Å²) >= 11 is 3.43. The molecule has 104 valence electrons. The third kappa shape index (κ3) is 3.36. The van der Waals surface area contributed by atoms with Gasteiger partial charge in [-0.2, -0.15) is 0 Å². The minimum absolute atomic E-state index is 0.0582. The third-order valence-corrected chi connectivity index (χ3v) is 3.49. The molecule has 0 heterocycles. The van der Waals surface area contributed by atoms with E-state index in [-0.39, 0.29) is 5.56 Å². The van der Waals surface area contributed by atoms with Gasteiger partial charge in [-0.1, -0.05) is 18.2 Å². The molecule has 5 heteroatoms. The number of hydrogen-bond donors (Lipinski definition) is 1. The van der Waals surface area contributed by atoms with E-state index in [4.69, 9.17) is 0 Å². The standard InChI is InChI=1S/C15H13BrFNO2/c1-20-15(19)11-7-6-10(8-13(11)17)9-18-14-5-3-2-4-12(14)16/h2-8,18H,9H2,1H3. The van der Waals surface area contributed by atoms with Crippen LogP contribution in [0.25, 0.3) is 0 Å². The number of carbonyl (C=O) groups excluding carboxylic acids is 1. The minimum atomic E-state index is -0.673. The first-order valence-electron chi connectivity index (χ1n) is 5.97. The van der Waals surface area contributed by atoms with Crippen molar-refractivity contribution in [3.63, 3.8) is 0 Å². The van der Waals surface area contributed by atoms with Crippen LogP contribution in [0.2, 0.25) is 0 Å². The van der Waals surface area contributed by atoms with Crippen LogP contribution in [0.3, 0.4) is 0 Å². The third-order valence-electron chi connectivity index (χ3n) is 2.80. The van der Waals surface area contributed by atoms with Crippen molar-refractivity contribution in [2.75, 3.05) is 12.4 Å². The molecule has 2 rings (SSSR count). The lowest BCUT2D eigenvalue weighted by atomic mass is 10.1. The van der Waals surface area contributed by atoms with Crippen LogP contribution in [-0.4, -0.2) is 13.1 Å². The summed E-state index contributed by atoms with van der Waals surface area (Å²) in [7, 11) is 1.23. The number of para-hydroxylation sites is 1. The number of rotatable bonds is 4. The second-order valence-corrected chi connectivity index (χ2v) is 4.99. The second kappa shape index (κ2) is 6.52. The fourth-order valence-corrected chi connectivity index (χ4v) is 2.17. The van der Waals surface area contributed by atoms with Crippen LogP contribution in [0.1, 0.15) is 15.9 Å². The van der Waals surface area contributed by atoms with Crippen LogP contribution in [0, 0.1) is 5.82 Å². The van der Waals surface area contributed by atoms with Gasteiger partial charge in [0.25, 0.3) is 0 Å². The Morgan fingerprint density at radius 3 is 2.70 bits per heavy atom. The summed E-state index contributed by atoms with van der Waals surface area (Å²) in [5.74, 6) is -1.25. The Hall–Kier alpha value is -1.88. The van der Waals surface area contributed by atoms with E-state index in [1.165, 1.54) is 19.2 Å². The molecular weight excluding hydrogens is 325 g/mol. The first kappa shape index (κ1) is 14.5. The van der Waals surface area contributed by atoms with Crippen molar-refractivity contribution >= 4 is 27.6 Å². The molecule has 0 aliphatic rings. The zero-order chi connectivity index (χ0) is 14.5. The second-order valence-electron chi connectivity index (χ2n) is 4.14. The van der Waals surface area contributed by atoms with Gasteiger partial charge in [0, 0.05) is 16.7 Å². The highest BCUT2D eigenvalue weighted by atomic mass is 79.9. The quantitative estimate of drug-likeness (QED) is 0.857. The number of halogens is 2. The molecule has 2 aromatic carbocycles. The number of methoxy groups -OCH3 is 1. The molecule has 0 radical (unpaired) electrons. The van der Waals surface area contributed by atoms with Gasteiger partial charge < -0.3 is 10.1 Å². The van der Waals surface area contributed by atoms with Gasteiger partial charge in [0.05, 0.1) is 12.7 Å². The first-order chi connectivity index (χ1) is 9.61. The van der Waals surface area contributed by atoms with Crippen molar-refractivity contribution in [1.82, 2.24) is 0 Å².